The standard InChI is InChI=1S/C17H13N3O4S/c1-8-3-5-13(23-8)16-18-9(2)14(25-16)15(21)19-10-4-6-12-11(7-10)20-17(22)24-12/h3-7H,1-2H3,(H,19,21)(H,20,22). The van der Waals surface area contributed by atoms with Gasteiger partial charge in [-0.15, -0.1) is 11.3 Å². The molecule has 1 aromatic carbocycles. The van der Waals surface area contributed by atoms with Crippen LogP contribution in [0.1, 0.15) is 21.1 Å². The first-order chi connectivity index (χ1) is 12.0. The van der Waals surface area contributed by atoms with E-state index in [-0.39, 0.29) is 5.91 Å². The van der Waals surface area contributed by atoms with Crippen LogP contribution in [0.2, 0.25) is 0 Å². The maximum atomic E-state index is 12.6. The Morgan fingerprint density at radius 2 is 2.04 bits per heavy atom. The molecule has 0 atom stereocenters. The number of rotatable bonds is 3. The van der Waals surface area contributed by atoms with Gasteiger partial charge in [0.2, 0.25) is 0 Å². The van der Waals surface area contributed by atoms with Gasteiger partial charge in [0.05, 0.1) is 11.2 Å². The molecule has 0 bridgehead atoms. The van der Waals surface area contributed by atoms with Gasteiger partial charge in [0.15, 0.2) is 16.4 Å². The van der Waals surface area contributed by atoms with Crippen LogP contribution in [0.3, 0.4) is 0 Å². The van der Waals surface area contributed by atoms with E-state index in [1.54, 1.807) is 25.1 Å². The number of nitrogens with zero attached hydrogens (tertiary/aromatic N) is 1. The highest BCUT2D eigenvalue weighted by Gasteiger charge is 2.18. The topological polar surface area (TPSA) is 101 Å². The van der Waals surface area contributed by atoms with Crippen LogP contribution in [-0.4, -0.2) is 15.9 Å². The molecule has 8 heteroatoms. The number of nitrogens with one attached hydrogen (secondary N) is 2. The van der Waals surface area contributed by atoms with E-state index < -0.39 is 5.76 Å². The summed E-state index contributed by atoms with van der Waals surface area (Å²) in [7, 11) is 0. The number of furan rings is 1. The van der Waals surface area contributed by atoms with Gasteiger partial charge in [-0.25, -0.2) is 9.78 Å². The molecule has 4 aromatic rings. The normalized spacial score (nSPS) is 11.1. The minimum atomic E-state index is -0.532. The van der Waals surface area contributed by atoms with E-state index in [9.17, 15) is 9.59 Å². The van der Waals surface area contributed by atoms with Crippen LogP contribution in [0, 0.1) is 13.8 Å². The maximum absolute atomic E-state index is 12.6. The van der Waals surface area contributed by atoms with Crippen molar-refractivity contribution in [2.24, 2.45) is 0 Å². The van der Waals surface area contributed by atoms with Crippen LogP contribution < -0.4 is 11.1 Å². The number of hydrogen-bond donors (Lipinski definition) is 2. The monoisotopic (exact) mass is 355 g/mol. The van der Waals surface area contributed by atoms with Gasteiger partial charge in [0.25, 0.3) is 5.91 Å². The largest absolute Gasteiger partial charge is 0.459 e. The van der Waals surface area contributed by atoms with Gasteiger partial charge in [0.1, 0.15) is 10.6 Å². The summed E-state index contributed by atoms with van der Waals surface area (Å²) in [6, 6.07) is 8.63. The zero-order chi connectivity index (χ0) is 17.6. The predicted octanol–water partition coefficient (Wildman–Crippen LogP) is 3.71. The highest BCUT2D eigenvalue weighted by atomic mass is 32.1. The van der Waals surface area contributed by atoms with E-state index in [1.807, 2.05) is 19.1 Å². The van der Waals surface area contributed by atoms with Gasteiger partial charge in [-0.3, -0.25) is 9.78 Å². The summed E-state index contributed by atoms with van der Waals surface area (Å²) in [6.07, 6.45) is 0. The third-order valence-electron chi connectivity index (χ3n) is 3.63. The lowest BCUT2D eigenvalue weighted by Gasteiger charge is -2.03. The molecular weight excluding hydrogens is 342 g/mol. The molecule has 0 spiro atoms. The molecule has 0 saturated heterocycles. The highest BCUT2D eigenvalue weighted by molar-refractivity contribution is 7.17. The molecule has 2 N–H and O–H groups in total. The first-order valence-electron chi connectivity index (χ1n) is 7.48. The van der Waals surface area contributed by atoms with Crippen molar-refractivity contribution in [3.8, 4) is 10.8 Å². The minimum absolute atomic E-state index is 0.269. The van der Waals surface area contributed by atoms with Crippen LogP contribution in [0.5, 0.6) is 0 Å². The van der Waals surface area contributed by atoms with Gasteiger partial charge in [-0.05, 0) is 44.2 Å². The molecular formula is C17H13N3O4S. The summed E-state index contributed by atoms with van der Waals surface area (Å²) < 4.78 is 10.5. The number of carbonyl (C=O) groups excluding carboxylic acids is 1. The van der Waals surface area contributed by atoms with Crippen LogP contribution in [0.25, 0.3) is 21.9 Å². The first kappa shape index (κ1) is 15.4. The van der Waals surface area contributed by atoms with Crippen molar-refractivity contribution in [3.05, 3.63) is 57.2 Å². The van der Waals surface area contributed by atoms with E-state index in [1.165, 1.54) is 11.3 Å². The summed E-state index contributed by atoms with van der Waals surface area (Å²) in [5.41, 5.74) is 2.14. The molecule has 0 unspecified atom stereocenters. The number of hydrogen-bond acceptors (Lipinski definition) is 6. The zero-order valence-corrected chi connectivity index (χ0v) is 14.2. The van der Waals surface area contributed by atoms with E-state index in [0.29, 0.717) is 38.1 Å². The summed E-state index contributed by atoms with van der Waals surface area (Å²) in [5, 5.41) is 3.47. The van der Waals surface area contributed by atoms with Crippen molar-refractivity contribution >= 4 is 34.0 Å². The molecule has 0 radical (unpaired) electrons. The number of aromatic nitrogens is 2. The number of aromatic amines is 1. The number of oxazole rings is 1. The van der Waals surface area contributed by atoms with Gasteiger partial charge in [-0.1, -0.05) is 0 Å². The number of carbonyl (C=O) groups is 1. The highest BCUT2D eigenvalue weighted by Crippen LogP contribution is 2.30. The zero-order valence-electron chi connectivity index (χ0n) is 13.4. The van der Waals surface area contributed by atoms with Gasteiger partial charge < -0.3 is 14.2 Å². The molecule has 0 aliphatic carbocycles. The number of fused-ring (bicyclic) bond motifs is 1. The average molecular weight is 355 g/mol. The lowest BCUT2D eigenvalue weighted by atomic mass is 10.2. The predicted molar refractivity (Wildman–Crippen MR) is 94.1 cm³/mol. The Labute approximate surface area is 145 Å². The Balaban J connectivity index is 1.61. The third-order valence-corrected chi connectivity index (χ3v) is 4.80. The molecule has 3 heterocycles. The van der Waals surface area contributed by atoms with E-state index in [0.717, 1.165) is 5.76 Å². The maximum Gasteiger partial charge on any atom is 0.417 e. The van der Waals surface area contributed by atoms with E-state index in [2.05, 4.69) is 15.3 Å². The van der Waals surface area contributed by atoms with Crippen molar-refractivity contribution in [1.82, 2.24) is 9.97 Å². The van der Waals surface area contributed by atoms with E-state index in [4.69, 9.17) is 8.83 Å². The summed E-state index contributed by atoms with van der Waals surface area (Å²) in [4.78, 5) is 31.2. The van der Waals surface area contributed by atoms with Gasteiger partial charge in [-0.2, -0.15) is 0 Å². The van der Waals surface area contributed by atoms with Crippen LogP contribution >= 0.6 is 11.3 Å². The Kier molecular flexibility index (Phi) is 3.54. The van der Waals surface area contributed by atoms with Gasteiger partial charge in [0, 0.05) is 5.69 Å². The van der Waals surface area contributed by atoms with Gasteiger partial charge >= 0.3 is 5.76 Å². The lowest BCUT2D eigenvalue weighted by Crippen LogP contribution is -2.11. The van der Waals surface area contributed by atoms with Crippen molar-refractivity contribution in [3.63, 3.8) is 0 Å². The number of thiazole rings is 1. The second-order valence-corrected chi connectivity index (χ2v) is 6.52. The lowest BCUT2D eigenvalue weighted by molar-refractivity contribution is 0.103. The fourth-order valence-corrected chi connectivity index (χ4v) is 3.40. The average Bonchev–Trinajstić information content (AvgIpc) is 3.24. The Morgan fingerprint density at radius 1 is 1.20 bits per heavy atom. The molecule has 0 aliphatic rings. The van der Waals surface area contributed by atoms with Crippen molar-refractivity contribution in [1.29, 1.82) is 0 Å². The molecule has 126 valence electrons. The molecule has 0 saturated carbocycles. The SMILES string of the molecule is Cc1ccc(-c2nc(C)c(C(=O)Nc3ccc4oc(=O)[nH]c4c3)s2)o1. The Bertz CT molecular complexity index is 1150. The molecule has 0 fully saturated rings. The quantitative estimate of drug-likeness (QED) is 0.583. The fourth-order valence-electron chi connectivity index (χ4n) is 2.48. The Hall–Kier alpha value is -3.13. The Morgan fingerprint density at radius 3 is 2.80 bits per heavy atom. The molecule has 3 aromatic heterocycles. The summed E-state index contributed by atoms with van der Waals surface area (Å²) in [5.74, 6) is 0.628. The van der Waals surface area contributed by atoms with Crippen molar-refractivity contribution in [2.45, 2.75) is 13.8 Å². The molecule has 4 rings (SSSR count). The summed E-state index contributed by atoms with van der Waals surface area (Å²) in [6.45, 7) is 3.63. The van der Waals surface area contributed by atoms with Crippen molar-refractivity contribution < 1.29 is 13.6 Å². The number of aryl methyl sites for hydroxylation is 2. The molecule has 0 aliphatic heterocycles. The van der Waals surface area contributed by atoms with Crippen LogP contribution in [0.4, 0.5) is 5.69 Å². The second kappa shape index (κ2) is 5.75. The smallest absolute Gasteiger partial charge is 0.417 e. The molecule has 7 nitrogen and oxygen atoms in total. The van der Waals surface area contributed by atoms with Crippen LogP contribution in [0.15, 0.2) is 44.0 Å². The summed E-state index contributed by atoms with van der Waals surface area (Å²) >= 11 is 1.27. The van der Waals surface area contributed by atoms with Crippen LogP contribution in [-0.2, 0) is 0 Å². The van der Waals surface area contributed by atoms with E-state index >= 15 is 0 Å². The minimum Gasteiger partial charge on any atom is -0.459 e. The number of amides is 1. The first-order valence-corrected chi connectivity index (χ1v) is 8.30. The molecule has 25 heavy (non-hydrogen) atoms. The third kappa shape index (κ3) is 2.87. The second-order valence-electron chi connectivity index (χ2n) is 5.52. The van der Waals surface area contributed by atoms with Crippen molar-refractivity contribution in [2.75, 3.05) is 5.32 Å². The number of anilines is 1. The number of H-pyrrole nitrogens is 1. The fraction of sp³-hybridized carbons (Fsp3) is 0.118. The molecule has 1 amide bonds. The number of benzene rings is 1.